The standard InChI is InChI=1S/C22H19Cl2NO4/c23-17-4-1-3-15(19(17)24)20(26)14-7-8-18-16(11-14)22(28-9-2-10-29-22)21(27)25(18)12-13-5-6-13/h1,3-4,7-8,11,13H,2,5-6,9-10,12H2. The number of fused-ring (bicyclic) bond motifs is 2. The minimum atomic E-state index is -1.46. The van der Waals surface area contributed by atoms with Crippen molar-refractivity contribution in [3.8, 4) is 0 Å². The van der Waals surface area contributed by atoms with E-state index in [0.29, 0.717) is 47.4 Å². The number of amides is 1. The van der Waals surface area contributed by atoms with E-state index in [9.17, 15) is 9.59 Å². The third-order valence-corrected chi connectivity index (χ3v) is 6.48. The fourth-order valence-corrected chi connectivity index (χ4v) is 4.35. The van der Waals surface area contributed by atoms with Gasteiger partial charge in [0.2, 0.25) is 0 Å². The molecule has 1 spiro atoms. The molecule has 0 aromatic heterocycles. The monoisotopic (exact) mass is 431 g/mol. The van der Waals surface area contributed by atoms with Crippen LogP contribution in [0.2, 0.25) is 10.0 Å². The molecule has 5 rings (SSSR count). The number of nitrogens with zero attached hydrogens (tertiary/aromatic N) is 1. The van der Waals surface area contributed by atoms with Gasteiger partial charge in [-0.15, -0.1) is 0 Å². The predicted octanol–water partition coefficient (Wildman–Crippen LogP) is 4.57. The van der Waals surface area contributed by atoms with Crippen molar-refractivity contribution in [2.75, 3.05) is 24.7 Å². The molecule has 1 saturated heterocycles. The Morgan fingerprint density at radius 3 is 2.62 bits per heavy atom. The Labute approximate surface area is 178 Å². The van der Waals surface area contributed by atoms with E-state index < -0.39 is 5.79 Å². The normalized spacial score (nSPS) is 20.2. The van der Waals surface area contributed by atoms with Gasteiger partial charge in [-0.1, -0.05) is 29.3 Å². The topological polar surface area (TPSA) is 55.8 Å². The number of rotatable bonds is 4. The first kappa shape index (κ1) is 19.1. The maximum Gasteiger partial charge on any atom is 0.292 e. The molecule has 0 radical (unpaired) electrons. The molecule has 2 aliphatic heterocycles. The Kier molecular flexibility index (Phi) is 4.67. The molecule has 1 saturated carbocycles. The molecule has 1 aliphatic carbocycles. The zero-order valence-electron chi connectivity index (χ0n) is 15.6. The fourth-order valence-electron chi connectivity index (χ4n) is 3.96. The second kappa shape index (κ2) is 7.10. The third kappa shape index (κ3) is 3.08. The molecule has 150 valence electrons. The van der Waals surface area contributed by atoms with Crippen molar-refractivity contribution in [2.24, 2.45) is 5.92 Å². The van der Waals surface area contributed by atoms with Gasteiger partial charge in [0, 0.05) is 23.2 Å². The largest absolute Gasteiger partial charge is 0.338 e. The summed E-state index contributed by atoms with van der Waals surface area (Å²) in [7, 11) is 0. The highest BCUT2D eigenvalue weighted by atomic mass is 35.5. The molecule has 2 fully saturated rings. The van der Waals surface area contributed by atoms with Gasteiger partial charge in [0.1, 0.15) is 0 Å². The summed E-state index contributed by atoms with van der Waals surface area (Å²) < 4.78 is 11.8. The Bertz CT molecular complexity index is 1010. The maximum atomic E-state index is 13.3. The summed E-state index contributed by atoms with van der Waals surface area (Å²) >= 11 is 12.3. The number of hydrogen-bond acceptors (Lipinski definition) is 4. The van der Waals surface area contributed by atoms with Crippen LogP contribution in [0.5, 0.6) is 0 Å². The van der Waals surface area contributed by atoms with Crippen LogP contribution in [0.4, 0.5) is 5.69 Å². The van der Waals surface area contributed by atoms with Gasteiger partial charge >= 0.3 is 0 Å². The van der Waals surface area contributed by atoms with Crippen molar-refractivity contribution < 1.29 is 19.1 Å². The number of hydrogen-bond donors (Lipinski definition) is 0. The molecule has 3 aliphatic rings. The number of carbonyl (C=O) groups excluding carboxylic acids is 2. The van der Waals surface area contributed by atoms with Crippen LogP contribution in [-0.2, 0) is 20.1 Å². The third-order valence-electron chi connectivity index (χ3n) is 5.66. The lowest BCUT2D eigenvalue weighted by molar-refractivity contribution is -0.256. The number of ether oxygens (including phenoxy) is 2. The van der Waals surface area contributed by atoms with E-state index in [1.165, 1.54) is 0 Å². The van der Waals surface area contributed by atoms with E-state index in [1.807, 2.05) is 0 Å². The van der Waals surface area contributed by atoms with E-state index in [-0.39, 0.29) is 16.7 Å². The van der Waals surface area contributed by atoms with E-state index in [0.717, 1.165) is 24.9 Å². The SMILES string of the molecule is O=C(c1ccc2c(c1)C1(OCCCO1)C(=O)N2CC1CC1)c1cccc(Cl)c1Cl. The molecule has 2 aromatic carbocycles. The van der Waals surface area contributed by atoms with Gasteiger partial charge in [-0.2, -0.15) is 0 Å². The highest BCUT2D eigenvalue weighted by Crippen LogP contribution is 2.47. The van der Waals surface area contributed by atoms with Crippen molar-refractivity contribution in [3.05, 3.63) is 63.1 Å². The Hall–Kier alpha value is -1.92. The maximum absolute atomic E-state index is 13.3. The number of ketones is 1. The molecule has 2 heterocycles. The number of anilines is 1. The van der Waals surface area contributed by atoms with Gasteiger partial charge in [-0.25, -0.2) is 0 Å². The highest BCUT2D eigenvalue weighted by Gasteiger charge is 2.55. The summed E-state index contributed by atoms with van der Waals surface area (Å²) in [5.74, 6) is -1.42. The van der Waals surface area contributed by atoms with Crippen molar-refractivity contribution in [2.45, 2.75) is 25.0 Å². The van der Waals surface area contributed by atoms with Gasteiger partial charge in [-0.05, 0) is 55.5 Å². The summed E-state index contributed by atoms with van der Waals surface area (Å²) in [6.45, 7) is 1.51. The average molecular weight is 432 g/mol. The van der Waals surface area contributed by atoms with Crippen LogP contribution >= 0.6 is 23.2 Å². The molecule has 2 aromatic rings. The van der Waals surface area contributed by atoms with Crippen molar-refractivity contribution >= 4 is 40.6 Å². The van der Waals surface area contributed by atoms with Crippen LogP contribution in [0.25, 0.3) is 0 Å². The van der Waals surface area contributed by atoms with Crippen LogP contribution in [0.15, 0.2) is 36.4 Å². The first-order valence-corrected chi connectivity index (χ1v) is 10.5. The zero-order chi connectivity index (χ0) is 20.2. The minimum Gasteiger partial charge on any atom is -0.338 e. The molecule has 0 unspecified atom stereocenters. The minimum absolute atomic E-state index is 0.204. The average Bonchev–Trinajstić information content (AvgIpc) is 3.54. The smallest absolute Gasteiger partial charge is 0.292 e. The van der Waals surface area contributed by atoms with E-state index >= 15 is 0 Å². The van der Waals surface area contributed by atoms with Crippen LogP contribution < -0.4 is 4.90 Å². The van der Waals surface area contributed by atoms with E-state index in [2.05, 4.69) is 0 Å². The van der Waals surface area contributed by atoms with Gasteiger partial charge < -0.3 is 14.4 Å². The zero-order valence-corrected chi connectivity index (χ0v) is 17.1. The summed E-state index contributed by atoms with van der Waals surface area (Å²) in [5, 5.41) is 0.533. The van der Waals surface area contributed by atoms with Gasteiger partial charge in [0.15, 0.2) is 5.78 Å². The van der Waals surface area contributed by atoms with Crippen molar-refractivity contribution in [1.82, 2.24) is 0 Å². The highest BCUT2D eigenvalue weighted by molar-refractivity contribution is 6.44. The van der Waals surface area contributed by atoms with Crippen LogP contribution in [0, 0.1) is 5.92 Å². The molecular formula is C22H19Cl2NO4. The lowest BCUT2D eigenvalue weighted by Crippen LogP contribution is -2.47. The van der Waals surface area contributed by atoms with E-state index in [4.69, 9.17) is 32.7 Å². The Morgan fingerprint density at radius 1 is 1.14 bits per heavy atom. The molecular weight excluding hydrogens is 413 g/mol. The van der Waals surface area contributed by atoms with E-state index in [1.54, 1.807) is 41.3 Å². The van der Waals surface area contributed by atoms with Crippen molar-refractivity contribution in [1.29, 1.82) is 0 Å². The molecule has 5 nitrogen and oxygen atoms in total. The van der Waals surface area contributed by atoms with Gasteiger partial charge in [0.05, 0.1) is 28.9 Å². The first-order valence-electron chi connectivity index (χ1n) is 9.74. The van der Waals surface area contributed by atoms with Crippen LogP contribution in [0.1, 0.15) is 40.7 Å². The molecule has 1 amide bonds. The predicted molar refractivity (Wildman–Crippen MR) is 110 cm³/mol. The molecule has 0 atom stereocenters. The van der Waals surface area contributed by atoms with Crippen molar-refractivity contribution in [3.63, 3.8) is 0 Å². The van der Waals surface area contributed by atoms with Crippen LogP contribution in [-0.4, -0.2) is 31.4 Å². The lowest BCUT2D eigenvalue weighted by Gasteiger charge is -2.32. The fraction of sp³-hybridized carbons (Fsp3) is 0.364. The summed E-state index contributed by atoms with van der Waals surface area (Å²) in [5.41, 5.74) is 2.06. The molecule has 0 bridgehead atoms. The quantitative estimate of drug-likeness (QED) is 0.665. The molecule has 7 heteroatoms. The summed E-state index contributed by atoms with van der Waals surface area (Å²) in [6.07, 6.45) is 2.97. The molecule has 0 N–H and O–H groups in total. The Morgan fingerprint density at radius 2 is 1.90 bits per heavy atom. The summed E-state index contributed by atoms with van der Waals surface area (Å²) in [4.78, 5) is 28.2. The number of halogens is 2. The second-order valence-corrected chi connectivity index (χ2v) is 8.47. The Balaban J connectivity index is 1.59. The lowest BCUT2D eigenvalue weighted by atomic mass is 9.97. The van der Waals surface area contributed by atoms with Crippen LogP contribution in [0.3, 0.4) is 0 Å². The van der Waals surface area contributed by atoms with Gasteiger partial charge in [-0.3, -0.25) is 9.59 Å². The number of benzene rings is 2. The number of carbonyl (C=O) groups is 2. The first-order chi connectivity index (χ1) is 14.0. The van der Waals surface area contributed by atoms with Gasteiger partial charge in [0.25, 0.3) is 11.7 Å². The summed E-state index contributed by atoms with van der Waals surface area (Å²) in [6, 6.07) is 10.2. The molecule has 29 heavy (non-hydrogen) atoms. The second-order valence-electron chi connectivity index (χ2n) is 7.69.